The lowest BCUT2D eigenvalue weighted by Crippen LogP contribution is -2.32. The summed E-state index contributed by atoms with van der Waals surface area (Å²) in [5, 5.41) is 11.2. The molecule has 0 spiro atoms. The largest absolute Gasteiger partial charge is 0.317 e. The van der Waals surface area contributed by atoms with Crippen LogP contribution in [0.1, 0.15) is 80.9 Å². The van der Waals surface area contributed by atoms with Gasteiger partial charge in [-0.2, -0.15) is 0 Å². The van der Waals surface area contributed by atoms with Crippen molar-refractivity contribution in [2.24, 2.45) is 5.92 Å². The van der Waals surface area contributed by atoms with E-state index in [1.807, 2.05) is 0 Å². The highest BCUT2D eigenvalue weighted by molar-refractivity contribution is 5.16. The Labute approximate surface area is 251 Å². The zero-order valence-corrected chi connectivity index (χ0v) is 25.7. The summed E-state index contributed by atoms with van der Waals surface area (Å²) in [5.74, 6) is 0.726. The molecular formula is C38H57N3. The standard InChI is InChI=1S/C38H57N3/c1-5-19-35(20-6-1)25-12-16-30-39-29-15-4-11-28-38(33-40-31-17-13-26-36-21-7-2-8-22-36)34-41-32-18-14-27-37-23-9-3-10-24-37/h1-3,5-10,19-24,38-41H,4,11-18,25-34H2. The first-order valence-corrected chi connectivity index (χ1v) is 16.6. The number of benzene rings is 3. The summed E-state index contributed by atoms with van der Waals surface area (Å²) in [6.45, 7) is 6.86. The van der Waals surface area contributed by atoms with E-state index in [1.165, 1.54) is 100 Å². The van der Waals surface area contributed by atoms with Crippen molar-refractivity contribution in [2.75, 3.05) is 39.3 Å². The van der Waals surface area contributed by atoms with Crippen LogP contribution in [0.3, 0.4) is 0 Å². The number of aryl methyl sites for hydroxylation is 3. The van der Waals surface area contributed by atoms with Gasteiger partial charge in [-0.3, -0.25) is 0 Å². The van der Waals surface area contributed by atoms with Crippen LogP contribution in [0.4, 0.5) is 0 Å². The molecule has 0 saturated carbocycles. The molecule has 0 unspecified atom stereocenters. The van der Waals surface area contributed by atoms with Crippen LogP contribution in [0, 0.1) is 5.92 Å². The number of rotatable bonds is 25. The maximum absolute atomic E-state index is 3.79. The lowest BCUT2D eigenvalue weighted by Gasteiger charge is -2.19. The number of hydrogen-bond donors (Lipinski definition) is 3. The molecule has 0 fully saturated rings. The molecule has 41 heavy (non-hydrogen) atoms. The molecule has 3 rings (SSSR count). The van der Waals surface area contributed by atoms with E-state index in [4.69, 9.17) is 0 Å². The first-order valence-electron chi connectivity index (χ1n) is 16.6. The van der Waals surface area contributed by atoms with E-state index in [-0.39, 0.29) is 0 Å². The van der Waals surface area contributed by atoms with Gasteiger partial charge in [0.05, 0.1) is 0 Å². The molecule has 0 bridgehead atoms. The Bertz CT molecular complexity index is 909. The summed E-state index contributed by atoms with van der Waals surface area (Å²) < 4.78 is 0. The van der Waals surface area contributed by atoms with Crippen LogP contribution in [0.5, 0.6) is 0 Å². The van der Waals surface area contributed by atoms with E-state index in [9.17, 15) is 0 Å². The van der Waals surface area contributed by atoms with E-state index in [1.54, 1.807) is 0 Å². The fraction of sp³-hybridized carbons (Fsp3) is 0.526. The van der Waals surface area contributed by atoms with Gasteiger partial charge in [0.15, 0.2) is 0 Å². The van der Waals surface area contributed by atoms with Crippen LogP contribution >= 0.6 is 0 Å². The topological polar surface area (TPSA) is 36.1 Å². The van der Waals surface area contributed by atoms with Crippen molar-refractivity contribution in [3.63, 3.8) is 0 Å². The zero-order chi connectivity index (χ0) is 28.5. The van der Waals surface area contributed by atoms with Crippen LogP contribution in [-0.2, 0) is 19.3 Å². The molecule has 3 N–H and O–H groups in total. The molecule has 0 aliphatic carbocycles. The van der Waals surface area contributed by atoms with Crippen molar-refractivity contribution in [1.82, 2.24) is 16.0 Å². The summed E-state index contributed by atoms with van der Waals surface area (Å²) in [7, 11) is 0. The predicted molar refractivity (Wildman–Crippen MR) is 179 cm³/mol. The lowest BCUT2D eigenvalue weighted by molar-refractivity contribution is 0.395. The molecule has 0 saturated heterocycles. The highest BCUT2D eigenvalue weighted by Gasteiger charge is 2.08. The zero-order valence-electron chi connectivity index (χ0n) is 25.7. The minimum Gasteiger partial charge on any atom is -0.317 e. The van der Waals surface area contributed by atoms with Gasteiger partial charge in [0.1, 0.15) is 0 Å². The van der Waals surface area contributed by atoms with E-state index < -0.39 is 0 Å². The highest BCUT2D eigenvalue weighted by atomic mass is 14.9. The molecule has 3 aromatic rings. The SMILES string of the molecule is c1ccc(CCCCNCCCCCC(CNCCCCc2ccccc2)CNCCCCc2ccccc2)cc1. The molecule has 0 amide bonds. The fourth-order valence-corrected chi connectivity index (χ4v) is 5.54. The van der Waals surface area contributed by atoms with Crippen LogP contribution < -0.4 is 16.0 Å². The van der Waals surface area contributed by atoms with Crippen molar-refractivity contribution >= 4 is 0 Å². The molecule has 3 heteroatoms. The number of hydrogen-bond acceptors (Lipinski definition) is 3. The van der Waals surface area contributed by atoms with Gasteiger partial charge in [-0.25, -0.2) is 0 Å². The Morgan fingerprint density at radius 1 is 0.366 bits per heavy atom. The normalized spacial score (nSPS) is 11.3. The maximum Gasteiger partial charge on any atom is -0.000838 e. The monoisotopic (exact) mass is 555 g/mol. The summed E-state index contributed by atoms with van der Waals surface area (Å²) >= 11 is 0. The molecule has 0 atom stereocenters. The molecule has 224 valence electrons. The number of nitrogens with one attached hydrogen (secondary N) is 3. The van der Waals surface area contributed by atoms with E-state index in [2.05, 4.69) is 107 Å². The van der Waals surface area contributed by atoms with Crippen LogP contribution in [0.2, 0.25) is 0 Å². The molecule has 0 heterocycles. The van der Waals surface area contributed by atoms with Gasteiger partial charge in [0, 0.05) is 0 Å². The molecule has 0 aliphatic heterocycles. The third-order valence-electron chi connectivity index (χ3n) is 8.07. The van der Waals surface area contributed by atoms with Crippen molar-refractivity contribution in [3.8, 4) is 0 Å². The molecule has 0 aliphatic rings. The second kappa shape index (κ2) is 23.1. The van der Waals surface area contributed by atoms with Gasteiger partial charge in [-0.1, -0.05) is 104 Å². The average Bonchev–Trinajstić information content (AvgIpc) is 3.02. The third-order valence-corrected chi connectivity index (χ3v) is 8.07. The van der Waals surface area contributed by atoms with E-state index in [0.29, 0.717) is 0 Å². The Morgan fingerprint density at radius 2 is 0.732 bits per heavy atom. The lowest BCUT2D eigenvalue weighted by atomic mass is 10.0. The minimum absolute atomic E-state index is 0.726. The molecule has 3 aromatic carbocycles. The summed E-state index contributed by atoms with van der Waals surface area (Å²) in [5.41, 5.74) is 4.39. The average molecular weight is 556 g/mol. The van der Waals surface area contributed by atoms with Crippen LogP contribution in [0.15, 0.2) is 91.0 Å². The van der Waals surface area contributed by atoms with Crippen LogP contribution in [0.25, 0.3) is 0 Å². The fourth-order valence-electron chi connectivity index (χ4n) is 5.54. The summed E-state index contributed by atoms with van der Waals surface area (Å²) in [4.78, 5) is 0. The van der Waals surface area contributed by atoms with Crippen LogP contribution in [-0.4, -0.2) is 39.3 Å². The molecular weight excluding hydrogens is 498 g/mol. The highest BCUT2D eigenvalue weighted by Crippen LogP contribution is 2.10. The van der Waals surface area contributed by atoms with Gasteiger partial charge in [-0.05, 0) is 133 Å². The maximum atomic E-state index is 3.79. The van der Waals surface area contributed by atoms with Gasteiger partial charge in [0.2, 0.25) is 0 Å². The molecule has 3 nitrogen and oxygen atoms in total. The first-order chi connectivity index (χ1) is 20.4. The Kier molecular flexibility index (Phi) is 18.7. The van der Waals surface area contributed by atoms with Gasteiger partial charge < -0.3 is 16.0 Å². The first kappa shape index (κ1) is 33.0. The second-order valence-corrected chi connectivity index (χ2v) is 11.7. The summed E-state index contributed by atoms with van der Waals surface area (Å²) in [6, 6.07) is 32.7. The number of unbranched alkanes of at least 4 members (excludes halogenated alkanes) is 5. The van der Waals surface area contributed by atoms with Gasteiger partial charge >= 0.3 is 0 Å². The van der Waals surface area contributed by atoms with Crippen molar-refractivity contribution in [1.29, 1.82) is 0 Å². The second-order valence-electron chi connectivity index (χ2n) is 11.7. The van der Waals surface area contributed by atoms with Crippen molar-refractivity contribution in [3.05, 3.63) is 108 Å². The third kappa shape index (κ3) is 17.2. The Morgan fingerprint density at radius 3 is 1.15 bits per heavy atom. The summed E-state index contributed by atoms with van der Waals surface area (Å²) in [6.07, 6.45) is 16.5. The Hall–Kier alpha value is -2.46. The van der Waals surface area contributed by atoms with E-state index in [0.717, 1.165) is 45.2 Å². The van der Waals surface area contributed by atoms with Gasteiger partial charge in [0.25, 0.3) is 0 Å². The minimum atomic E-state index is 0.726. The van der Waals surface area contributed by atoms with Crippen molar-refractivity contribution < 1.29 is 0 Å². The molecule has 0 radical (unpaired) electrons. The van der Waals surface area contributed by atoms with E-state index >= 15 is 0 Å². The Balaban J connectivity index is 1.21. The van der Waals surface area contributed by atoms with Crippen molar-refractivity contribution in [2.45, 2.75) is 83.5 Å². The van der Waals surface area contributed by atoms with Gasteiger partial charge in [-0.15, -0.1) is 0 Å². The smallest absolute Gasteiger partial charge is 0.000838 e. The quantitative estimate of drug-likeness (QED) is 0.0927. The molecule has 0 aromatic heterocycles. The predicted octanol–water partition coefficient (Wildman–Crippen LogP) is 8.00.